The zero-order chi connectivity index (χ0) is 9.97. The Bertz CT molecular complexity index is 300. The number of aliphatic hydroxyl groups is 1. The third-order valence-electron chi connectivity index (χ3n) is 2.75. The highest BCUT2D eigenvalue weighted by atomic mass is 32.1. The van der Waals surface area contributed by atoms with Gasteiger partial charge < -0.3 is 10.0 Å². The summed E-state index contributed by atoms with van der Waals surface area (Å²) in [4.78, 5) is 6.75. The van der Waals surface area contributed by atoms with E-state index in [1.54, 1.807) is 11.3 Å². The maximum atomic E-state index is 8.94. The van der Waals surface area contributed by atoms with Gasteiger partial charge in [0.1, 0.15) is 0 Å². The fraction of sp³-hybridized carbons (Fsp3) is 0.700. The van der Waals surface area contributed by atoms with Crippen LogP contribution in [0.25, 0.3) is 0 Å². The molecule has 0 radical (unpaired) electrons. The molecule has 0 amide bonds. The van der Waals surface area contributed by atoms with E-state index in [1.807, 2.05) is 5.38 Å². The number of nitrogens with zero attached hydrogens (tertiary/aromatic N) is 2. The minimum absolute atomic E-state index is 0.0543. The summed E-state index contributed by atoms with van der Waals surface area (Å²) in [6, 6.07) is 0.599. The van der Waals surface area contributed by atoms with Gasteiger partial charge in [-0.1, -0.05) is 0 Å². The molecule has 2 heterocycles. The topological polar surface area (TPSA) is 36.4 Å². The van der Waals surface area contributed by atoms with E-state index in [-0.39, 0.29) is 6.61 Å². The first-order valence-electron chi connectivity index (χ1n) is 5.13. The van der Waals surface area contributed by atoms with Crippen LogP contribution >= 0.6 is 11.3 Å². The Kier molecular flexibility index (Phi) is 3.03. The van der Waals surface area contributed by atoms with Gasteiger partial charge in [0.05, 0.1) is 12.3 Å². The molecular weight excluding hydrogens is 196 g/mol. The number of thiazole rings is 1. The van der Waals surface area contributed by atoms with Crippen molar-refractivity contribution in [2.24, 2.45) is 0 Å². The van der Waals surface area contributed by atoms with Gasteiger partial charge in [-0.05, 0) is 26.2 Å². The van der Waals surface area contributed by atoms with Crippen LogP contribution in [0.5, 0.6) is 0 Å². The van der Waals surface area contributed by atoms with Crippen molar-refractivity contribution in [3.05, 3.63) is 11.1 Å². The van der Waals surface area contributed by atoms with E-state index in [0.717, 1.165) is 17.4 Å². The second kappa shape index (κ2) is 4.28. The molecule has 1 saturated heterocycles. The lowest BCUT2D eigenvalue weighted by Crippen LogP contribution is -2.37. The molecule has 1 atom stereocenters. The summed E-state index contributed by atoms with van der Waals surface area (Å²) in [6.07, 6.45) is 3.85. The van der Waals surface area contributed by atoms with Gasteiger partial charge in [-0.15, -0.1) is 11.3 Å². The molecular formula is C10H16N2OS. The van der Waals surface area contributed by atoms with Crippen LogP contribution in [0, 0.1) is 0 Å². The van der Waals surface area contributed by atoms with E-state index in [4.69, 9.17) is 5.11 Å². The van der Waals surface area contributed by atoms with Crippen molar-refractivity contribution in [2.45, 2.75) is 38.8 Å². The van der Waals surface area contributed by atoms with Crippen molar-refractivity contribution in [3.63, 3.8) is 0 Å². The molecule has 0 unspecified atom stereocenters. The van der Waals surface area contributed by atoms with Crippen LogP contribution in [0.2, 0.25) is 0 Å². The normalized spacial score (nSPS) is 22.7. The Morgan fingerprint density at radius 1 is 1.64 bits per heavy atom. The number of hydrogen-bond acceptors (Lipinski definition) is 4. The van der Waals surface area contributed by atoms with Crippen molar-refractivity contribution in [1.29, 1.82) is 0 Å². The van der Waals surface area contributed by atoms with Crippen LogP contribution in [0.1, 0.15) is 31.9 Å². The van der Waals surface area contributed by atoms with Crippen molar-refractivity contribution in [1.82, 2.24) is 4.98 Å². The predicted molar refractivity (Wildman–Crippen MR) is 58.7 cm³/mol. The first-order valence-corrected chi connectivity index (χ1v) is 6.01. The number of hydrogen-bond donors (Lipinski definition) is 1. The molecule has 0 aromatic carbocycles. The van der Waals surface area contributed by atoms with E-state index >= 15 is 0 Å². The van der Waals surface area contributed by atoms with E-state index < -0.39 is 0 Å². The summed E-state index contributed by atoms with van der Waals surface area (Å²) in [5.74, 6) is 0. The molecule has 1 N–H and O–H groups in total. The van der Waals surface area contributed by atoms with E-state index in [2.05, 4.69) is 16.8 Å². The highest BCUT2D eigenvalue weighted by molar-refractivity contribution is 7.13. The van der Waals surface area contributed by atoms with Gasteiger partial charge in [-0.25, -0.2) is 4.98 Å². The number of anilines is 1. The maximum absolute atomic E-state index is 8.94. The fourth-order valence-corrected chi connectivity index (χ4v) is 2.83. The van der Waals surface area contributed by atoms with Crippen molar-refractivity contribution in [3.8, 4) is 0 Å². The largest absolute Gasteiger partial charge is 0.390 e. The number of aliphatic hydroxyl groups excluding tert-OH is 1. The summed E-state index contributed by atoms with van der Waals surface area (Å²) in [6.45, 7) is 3.41. The average molecular weight is 212 g/mol. The number of aromatic nitrogens is 1. The minimum atomic E-state index is 0.0543. The second-order valence-corrected chi connectivity index (χ2v) is 4.65. The highest BCUT2D eigenvalue weighted by Gasteiger charge is 2.20. The molecule has 2 rings (SSSR count). The first-order chi connectivity index (χ1) is 6.81. The monoisotopic (exact) mass is 212 g/mol. The van der Waals surface area contributed by atoms with Crippen LogP contribution in [0.15, 0.2) is 5.38 Å². The highest BCUT2D eigenvalue weighted by Crippen LogP contribution is 2.27. The maximum Gasteiger partial charge on any atom is 0.185 e. The molecule has 1 aromatic heterocycles. The molecule has 0 aliphatic carbocycles. The minimum Gasteiger partial charge on any atom is -0.390 e. The smallest absolute Gasteiger partial charge is 0.185 e. The molecule has 0 saturated carbocycles. The van der Waals surface area contributed by atoms with Gasteiger partial charge in [0, 0.05) is 18.0 Å². The lowest BCUT2D eigenvalue weighted by atomic mass is 10.1. The molecule has 78 valence electrons. The van der Waals surface area contributed by atoms with Crippen LogP contribution in [0.4, 0.5) is 5.13 Å². The van der Waals surface area contributed by atoms with Crippen molar-refractivity contribution >= 4 is 16.5 Å². The summed E-state index contributed by atoms with van der Waals surface area (Å²) in [7, 11) is 0. The molecule has 3 nitrogen and oxygen atoms in total. The molecule has 4 heteroatoms. The summed E-state index contributed by atoms with van der Waals surface area (Å²) in [5, 5.41) is 12.0. The molecule has 1 aliphatic heterocycles. The quantitative estimate of drug-likeness (QED) is 0.814. The van der Waals surface area contributed by atoms with Gasteiger partial charge in [0.15, 0.2) is 5.13 Å². The average Bonchev–Trinajstić information content (AvgIpc) is 2.67. The zero-order valence-corrected chi connectivity index (χ0v) is 9.26. The lowest BCUT2D eigenvalue weighted by Gasteiger charge is -2.33. The first kappa shape index (κ1) is 9.93. The molecule has 1 aromatic rings. The Hall–Kier alpha value is -0.610. The third kappa shape index (κ3) is 1.91. The van der Waals surface area contributed by atoms with Gasteiger partial charge >= 0.3 is 0 Å². The molecule has 0 spiro atoms. The third-order valence-corrected chi connectivity index (χ3v) is 3.68. The summed E-state index contributed by atoms with van der Waals surface area (Å²) < 4.78 is 0. The lowest BCUT2D eigenvalue weighted by molar-refractivity contribution is 0.277. The van der Waals surface area contributed by atoms with E-state index in [1.165, 1.54) is 19.3 Å². The Morgan fingerprint density at radius 2 is 2.50 bits per heavy atom. The standard InChI is InChI=1S/C10H16N2OS/c1-8-4-2-3-5-12(8)10-11-9(6-13)7-14-10/h7-8,13H,2-6H2,1H3/t8-/m0/s1. The van der Waals surface area contributed by atoms with E-state index in [0.29, 0.717) is 6.04 Å². The summed E-state index contributed by atoms with van der Waals surface area (Å²) in [5.41, 5.74) is 0.794. The Balaban J connectivity index is 2.12. The molecule has 1 fully saturated rings. The number of rotatable bonds is 2. The van der Waals surface area contributed by atoms with Crippen LogP contribution < -0.4 is 4.90 Å². The van der Waals surface area contributed by atoms with Gasteiger partial charge in [-0.2, -0.15) is 0 Å². The second-order valence-electron chi connectivity index (χ2n) is 3.82. The van der Waals surface area contributed by atoms with Gasteiger partial charge in [-0.3, -0.25) is 0 Å². The van der Waals surface area contributed by atoms with E-state index in [9.17, 15) is 0 Å². The van der Waals surface area contributed by atoms with Gasteiger partial charge in [0.2, 0.25) is 0 Å². The SMILES string of the molecule is C[C@H]1CCCCN1c1nc(CO)cs1. The van der Waals surface area contributed by atoms with Crippen molar-refractivity contribution < 1.29 is 5.11 Å². The predicted octanol–water partition coefficient (Wildman–Crippen LogP) is 2.01. The fourth-order valence-electron chi connectivity index (χ4n) is 1.88. The van der Waals surface area contributed by atoms with Crippen molar-refractivity contribution in [2.75, 3.05) is 11.4 Å². The zero-order valence-electron chi connectivity index (χ0n) is 8.44. The van der Waals surface area contributed by atoms with Crippen LogP contribution in [-0.4, -0.2) is 22.7 Å². The van der Waals surface area contributed by atoms with Gasteiger partial charge in [0.25, 0.3) is 0 Å². The Morgan fingerprint density at radius 3 is 3.14 bits per heavy atom. The van der Waals surface area contributed by atoms with Crippen LogP contribution in [0.3, 0.4) is 0 Å². The summed E-state index contributed by atoms with van der Waals surface area (Å²) >= 11 is 1.64. The number of piperidine rings is 1. The van der Waals surface area contributed by atoms with Crippen LogP contribution in [-0.2, 0) is 6.61 Å². The molecule has 1 aliphatic rings. The molecule has 0 bridgehead atoms. The molecule has 14 heavy (non-hydrogen) atoms. The Labute approximate surface area is 88.4 Å².